The van der Waals surface area contributed by atoms with Crippen LogP contribution in [0.5, 0.6) is 0 Å². The fourth-order valence-corrected chi connectivity index (χ4v) is 3.36. The van der Waals surface area contributed by atoms with Gasteiger partial charge in [0.05, 0.1) is 37.2 Å². The Kier molecular flexibility index (Phi) is 6.18. The lowest BCUT2D eigenvalue weighted by Gasteiger charge is -2.39. The number of morpholine rings is 1. The molecule has 0 aromatic carbocycles. The predicted molar refractivity (Wildman–Crippen MR) is 106 cm³/mol. The van der Waals surface area contributed by atoms with Gasteiger partial charge in [-0.2, -0.15) is 0 Å². The number of nitrogens with one attached hydrogen (secondary N) is 1. The highest BCUT2D eigenvalue weighted by atomic mass is 16.5. The zero-order chi connectivity index (χ0) is 20.1. The number of ether oxygens (including phenoxy) is 1. The topological polar surface area (TPSA) is 93.1 Å². The molecule has 1 fully saturated rings. The summed E-state index contributed by atoms with van der Waals surface area (Å²) in [7, 11) is 0. The van der Waals surface area contributed by atoms with Gasteiger partial charge in [-0.3, -0.25) is 14.8 Å². The van der Waals surface area contributed by atoms with Crippen molar-refractivity contribution in [1.82, 2.24) is 24.8 Å². The zero-order valence-corrected chi connectivity index (χ0v) is 17.0. The van der Waals surface area contributed by atoms with Crippen LogP contribution in [-0.4, -0.2) is 56.5 Å². The van der Waals surface area contributed by atoms with E-state index in [-0.39, 0.29) is 17.4 Å². The molecule has 1 saturated heterocycles. The van der Waals surface area contributed by atoms with E-state index < -0.39 is 0 Å². The second-order valence-corrected chi connectivity index (χ2v) is 8.22. The highest BCUT2D eigenvalue weighted by molar-refractivity contribution is 5.98. The number of rotatable bonds is 5. The number of amides is 1. The molecular weight excluding hydrogens is 356 g/mol. The molecule has 2 aromatic rings. The molecule has 8 nitrogen and oxygen atoms in total. The van der Waals surface area contributed by atoms with E-state index in [4.69, 9.17) is 4.74 Å². The Morgan fingerprint density at radius 2 is 2.07 bits per heavy atom. The van der Waals surface area contributed by atoms with E-state index in [1.807, 2.05) is 11.8 Å². The van der Waals surface area contributed by atoms with Crippen LogP contribution in [0.25, 0.3) is 0 Å². The Labute approximate surface area is 165 Å². The normalized spacial score (nSPS) is 17.4. The van der Waals surface area contributed by atoms with Crippen LogP contribution in [0, 0.1) is 12.3 Å². The number of carbonyl (C=O) groups is 1. The van der Waals surface area contributed by atoms with Gasteiger partial charge >= 0.3 is 0 Å². The molecule has 0 bridgehead atoms. The first-order valence-electron chi connectivity index (χ1n) is 9.54. The van der Waals surface area contributed by atoms with Crippen LogP contribution in [0.15, 0.2) is 24.9 Å². The van der Waals surface area contributed by atoms with Crippen molar-refractivity contribution in [2.75, 3.05) is 25.1 Å². The first-order valence-corrected chi connectivity index (χ1v) is 9.54. The van der Waals surface area contributed by atoms with Gasteiger partial charge in [0, 0.05) is 25.1 Å². The quantitative estimate of drug-likeness (QED) is 0.846. The maximum atomic E-state index is 13.3. The third-order valence-electron chi connectivity index (χ3n) is 4.69. The molecule has 0 aliphatic carbocycles. The lowest BCUT2D eigenvalue weighted by molar-refractivity contribution is -0.0129. The minimum Gasteiger partial charge on any atom is -0.377 e. The molecule has 1 amide bonds. The molecule has 1 atom stereocenters. The number of aromatic nitrogens is 4. The maximum absolute atomic E-state index is 13.3. The minimum atomic E-state index is -0.0727. The van der Waals surface area contributed by atoms with E-state index in [0.717, 1.165) is 17.8 Å². The van der Waals surface area contributed by atoms with E-state index >= 15 is 0 Å². The largest absolute Gasteiger partial charge is 0.377 e. The van der Waals surface area contributed by atoms with Crippen LogP contribution < -0.4 is 5.32 Å². The molecule has 1 aliphatic rings. The summed E-state index contributed by atoms with van der Waals surface area (Å²) in [5, 5.41) is 3.22. The van der Waals surface area contributed by atoms with Crippen molar-refractivity contribution < 1.29 is 9.53 Å². The SMILES string of the molecule is Cc1nccnc1CNc1ncncc1C(=O)N1CCOCC1CC(C)(C)C. The van der Waals surface area contributed by atoms with Gasteiger partial charge < -0.3 is 15.0 Å². The molecule has 2 aromatic heterocycles. The Morgan fingerprint density at radius 1 is 1.29 bits per heavy atom. The molecule has 8 heteroatoms. The lowest BCUT2D eigenvalue weighted by Crippen LogP contribution is -2.50. The van der Waals surface area contributed by atoms with Crippen molar-refractivity contribution in [3.8, 4) is 0 Å². The fourth-order valence-electron chi connectivity index (χ4n) is 3.36. The predicted octanol–water partition coefficient (Wildman–Crippen LogP) is 2.46. The van der Waals surface area contributed by atoms with Gasteiger partial charge in [-0.15, -0.1) is 0 Å². The number of nitrogens with zero attached hydrogens (tertiary/aromatic N) is 5. The van der Waals surface area contributed by atoms with Crippen LogP contribution in [0.1, 0.15) is 48.9 Å². The highest BCUT2D eigenvalue weighted by Gasteiger charge is 2.32. The summed E-state index contributed by atoms with van der Waals surface area (Å²) in [5.74, 6) is 0.433. The summed E-state index contributed by atoms with van der Waals surface area (Å²) in [6.07, 6.45) is 7.19. The van der Waals surface area contributed by atoms with Crippen molar-refractivity contribution in [3.05, 3.63) is 41.9 Å². The second kappa shape index (κ2) is 8.60. The molecule has 1 aliphatic heterocycles. The minimum absolute atomic E-state index is 0.0385. The van der Waals surface area contributed by atoms with E-state index in [2.05, 4.69) is 46.0 Å². The molecule has 1 N–H and O–H groups in total. The molecule has 3 heterocycles. The average molecular weight is 384 g/mol. The molecule has 0 saturated carbocycles. The number of anilines is 1. The van der Waals surface area contributed by atoms with Gasteiger partial charge in [-0.25, -0.2) is 9.97 Å². The Bertz CT molecular complexity index is 820. The Balaban J connectivity index is 1.78. The summed E-state index contributed by atoms with van der Waals surface area (Å²) >= 11 is 0. The molecule has 28 heavy (non-hydrogen) atoms. The van der Waals surface area contributed by atoms with Crippen molar-refractivity contribution in [1.29, 1.82) is 0 Å². The lowest BCUT2D eigenvalue weighted by atomic mass is 9.87. The van der Waals surface area contributed by atoms with Gasteiger partial charge in [0.2, 0.25) is 0 Å². The number of aryl methyl sites for hydroxylation is 1. The van der Waals surface area contributed by atoms with Gasteiger partial charge in [-0.1, -0.05) is 20.8 Å². The van der Waals surface area contributed by atoms with Gasteiger partial charge in [0.25, 0.3) is 5.91 Å². The first kappa shape index (κ1) is 20.1. The smallest absolute Gasteiger partial charge is 0.259 e. The number of carbonyl (C=O) groups excluding carboxylic acids is 1. The summed E-state index contributed by atoms with van der Waals surface area (Å²) in [6.45, 7) is 10.5. The van der Waals surface area contributed by atoms with E-state index in [0.29, 0.717) is 37.7 Å². The maximum Gasteiger partial charge on any atom is 0.259 e. The standard InChI is InChI=1S/C20H28N6O2/c1-14-17(23-6-5-22-14)11-24-18-16(10-21-13-25-18)19(27)26-7-8-28-12-15(26)9-20(2,3)4/h5-6,10,13,15H,7-9,11-12H2,1-4H3,(H,21,24,25). The fraction of sp³-hybridized carbons (Fsp3) is 0.550. The molecule has 0 radical (unpaired) electrons. The van der Waals surface area contributed by atoms with E-state index in [1.54, 1.807) is 18.6 Å². The number of hydrogen-bond donors (Lipinski definition) is 1. The highest BCUT2D eigenvalue weighted by Crippen LogP contribution is 2.27. The Morgan fingerprint density at radius 3 is 2.82 bits per heavy atom. The average Bonchev–Trinajstić information content (AvgIpc) is 2.66. The number of hydrogen-bond acceptors (Lipinski definition) is 7. The van der Waals surface area contributed by atoms with Crippen LogP contribution in [0.2, 0.25) is 0 Å². The first-order chi connectivity index (χ1) is 13.3. The molecule has 150 valence electrons. The summed E-state index contributed by atoms with van der Waals surface area (Å²) in [4.78, 5) is 32.1. The molecule has 0 spiro atoms. The van der Waals surface area contributed by atoms with Crippen LogP contribution in [0.4, 0.5) is 5.82 Å². The van der Waals surface area contributed by atoms with Crippen molar-refractivity contribution >= 4 is 11.7 Å². The van der Waals surface area contributed by atoms with Crippen LogP contribution in [-0.2, 0) is 11.3 Å². The van der Waals surface area contributed by atoms with Crippen molar-refractivity contribution in [3.63, 3.8) is 0 Å². The third-order valence-corrected chi connectivity index (χ3v) is 4.69. The summed E-state index contributed by atoms with van der Waals surface area (Å²) < 4.78 is 5.64. The van der Waals surface area contributed by atoms with Gasteiger partial charge in [-0.05, 0) is 18.8 Å². The molecule has 3 rings (SSSR count). The third kappa shape index (κ3) is 5.01. The zero-order valence-electron chi connectivity index (χ0n) is 17.0. The monoisotopic (exact) mass is 384 g/mol. The van der Waals surface area contributed by atoms with Gasteiger partial charge in [0.1, 0.15) is 17.7 Å². The van der Waals surface area contributed by atoms with Crippen LogP contribution in [0.3, 0.4) is 0 Å². The molecule has 1 unspecified atom stereocenters. The Hall–Kier alpha value is -2.61. The summed E-state index contributed by atoms with van der Waals surface area (Å²) in [5.41, 5.74) is 2.22. The molecular formula is C20H28N6O2. The van der Waals surface area contributed by atoms with E-state index in [9.17, 15) is 4.79 Å². The van der Waals surface area contributed by atoms with Crippen LogP contribution >= 0.6 is 0 Å². The second-order valence-electron chi connectivity index (χ2n) is 8.22. The van der Waals surface area contributed by atoms with E-state index in [1.165, 1.54) is 6.33 Å². The van der Waals surface area contributed by atoms with Gasteiger partial charge in [0.15, 0.2) is 0 Å². The van der Waals surface area contributed by atoms with Crippen molar-refractivity contribution in [2.45, 2.75) is 46.7 Å². The summed E-state index contributed by atoms with van der Waals surface area (Å²) in [6, 6.07) is 0.0385. The van der Waals surface area contributed by atoms with Crippen molar-refractivity contribution in [2.24, 2.45) is 5.41 Å².